The number of halogens is 2. The van der Waals surface area contributed by atoms with E-state index in [4.69, 9.17) is 16.7 Å². The van der Waals surface area contributed by atoms with Crippen molar-refractivity contribution in [3.63, 3.8) is 0 Å². The number of nitrogens with one attached hydrogen (secondary N) is 2. The highest BCUT2D eigenvalue weighted by Gasteiger charge is 2.10. The number of amides is 2. The van der Waals surface area contributed by atoms with Crippen LogP contribution in [-0.2, 0) is 0 Å². The Labute approximate surface area is 97.4 Å². The molecule has 1 aromatic rings. The molecule has 1 rings (SSSR count). The maximum Gasteiger partial charge on any atom is 0.319 e. The maximum absolute atomic E-state index is 13.2. The van der Waals surface area contributed by atoms with Crippen LogP contribution in [0.4, 0.5) is 14.9 Å². The molecule has 3 N–H and O–H groups in total. The summed E-state index contributed by atoms with van der Waals surface area (Å²) in [7, 11) is 0. The molecule has 6 heteroatoms. The molecule has 2 amide bonds. The minimum Gasteiger partial charge on any atom is -0.392 e. The Balaban J connectivity index is 2.63. The van der Waals surface area contributed by atoms with Gasteiger partial charge < -0.3 is 15.7 Å². The zero-order chi connectivity index (χ0) is 12.1. The molecule has 0 saturated heterocycles. The number of hydrogen-bond donors (Lipinski definition) is 3. The average molecular weight is 247 g/mol. The lowest BCUT2D eigenvalue weighted by atomic mass is 10.3. The summed E-state index contributed by atoms with van der Waals surface area (Å²) >= 11 is 5.70. The molecule has 0 aliphatic rings. The van der Waals surface area contributed by atoms with E-state index < -0.39 is 18.0 Å². The zero-order valence-electron chi connectivity index (χ0n) is 8.63. The van der Waals surface area contributed by atoms with Crippen LogP contribution in [0.3, 0.4) is 0 Å². The van der Waals surface area contributed by atoms with Gasteiger partial charge in [0.25, 0.3) is 0 Å². The van der Waals surface area contributed by atoms with Crippen molar-refractivity contribution >= 4 is 23.3 Å². The van der Waals surface area contributed by atoms with Gasteiger partial charge in [0, 0.05) is 6.54 Å². The third-order valence-corrected chi connectivity index (χ3v) is 2.07. The van der Waals surface area contributed by atoms with Crippen LogP contribution in [0.1, 0.15) is 6.92 Å². The summed E-state index contributed by atoms with van der Waals surface area (Å²) in [6, 6.07) is 3.48. The van der Waals surface area contributed by atoms with Crippen molar-refractivity contribution in [1.29, 1.82) is 0 Å². The second-order valence-corrected chi connectivity index (χ2v) is 3.69. The van der Waals surface area contributed by atoms with Crippen molar-refractivity contribution in [1.82, 2.24) is 5.32 Å². The summed E-state index contributed by atoms with van der Waals surface area (Å²) in [5.41, 5.74) is -0.0766. The summed E-state index contributed by atoms with van der Waals surface area (Å²) in [5.74, 6) is -0.611. The van der Waals surface area contributed by atoms with E-state index in [1.165, 1.54) is 25.1 Å². The molecule has 0 spiro atoms. The highest BCUT2D eigenvalue weighted by atomic mass is 35.5. The molecule has 0 heterocycles. The molecule has 0 saturated carbocycles. The Kier molecular flexibility index (Phi) is 4.52. The number of hydrogen-bond acceptors (Lipinski definition) is 2. The monoisotopic (exact) mass is 246 g/mol. The molecule has 16 heavy (non-hydrogen) atoms. The van der Waals surface area contributed by atoms with Crippen LogP contribution in [0.25, 0.3) is 0 Å². The van der Waals surface area contributed by atoms with Crippen LogP contribution in [0.15, 0.2) is 18.2 Å². The molecule has 0 fully saturated rings. The van der Waals surface area contributed by atoms with Crippen molar-refractivity contribution in [3.8, 4) is 0 Å². The van der Waals surface area contributed by atoms with E-state index in [0.29, 0.717) is 0 Å². The van der Waals surface area contributed by atoms with Gasteiger partial charge in [0.2, 0.25) is 0 Å². The lowest BCUT2D eigenvalue weighted by molar-refractivity contribution is 0.190. The number of carbonyl (C=O) groups excluding carboxylic acids is 1. The topological polar surface area (TPSA) is 61.4 Å². The van der Waals surface area contributed by atoms with E-state index in [2.05, 4.69) is 10.6 Å². The highest BCUT2D eigenvalue weighted by Crippen LogP contribution is 2.24. The molecule has 0 aliphatic heterocycles. The number of aliphatic hydroxyl groups excluding tert-OH is 1. The summed E-state index contributed by atoms with van der Waals surface area (Å²) < 4.78 is 13.2. The molecule has 4 nitrogen and oxygen atoms in total. The summed E-state index contributed by atoms with van der Waals surface area (Å²) in [6.07, 6.45) is -0.665. The first-order valence-corrected chi connectivity index (χ1v) is 5.05. The van der Waals surface area contributed by atoms with E-state index in [9.17, 15) is 9.18 Å². The lowest BCUT2D eigenvalue weighted by Gasteiger charge is -2.10. The van der Waals surface area contributed by atoms with Gasteiger partial charge in [-0.2, -0.15) is 0 Å². The average Bonchev–Trinajstić information content (AvgIpc) is 2.21. The SMILES string of the molecule is CC(O)CNC(=O)Nc1c(F)cccc1Cl. The molecule has 0 radical (unpaired) electrons. The molecule has 1 aromatic carbocycles. The van der Waals surface area contributed by atoms with Crippen molar-refractivity contribution in [2.75, 3.05) is 11.9 Å². The summed E-state index contributed by atoms with van der Waals surface area (Å²) in [5, 5.41) is 13.7. The van der Waals surface area contributed by atoms with Crippen LogP contribution in [0, 0.1) is 5.82 Å². The second kappa shape index (κ2) is 5.67. The first-order chi connectivity index (χ1) is 7.50. The van der Waals surface area contributed by atoms with E-state index in [0.717, 1.165) is 0 Å². The van der Waals surface area contributed by atoms with Gasteiger partial charge in [0.1, 0.15) is 5.82 Å². The quantitative estimate of drug-likeness (QED) is 0.764. The van der Waals surface area contributed by atoms with Crippen LogP contribution in [0.2, 0.25) is 5.02 Å². The van der Waals surface area contributed by atoms with Crippen LogP contribution < -0.4 is 10.6 Å². The van der Waals surface area contributed by atoms with E-state index >= 15 is 0 Å². The van der Waals surface area contributed by atoms with Crippen LogP contribution in [0.5, 0.6) is 0 Å². The lowest BCUT2D eigenvalue weighted by Crippen LogP contribution is -2.34. The van der Waals surface area contributed by atoms with E-state index in [1.54, 1.807) is 0 Å². The van der Waals surface area contributed by atoms with Gasteiger partial charge in [0.15, 0.2) is 0 Å². The zero-order valence-corrected chi connectivity index (χ0v) is 9.38. The highest BCUT2D eigenvalue weighted by molar-refractivity contribution is 6.33. The minimum absolute atomic E-state index is 0.0766. The first kappa shape index (κ1) is 12.7. The fourth-order valence-corrected chi connectivity index (χ4v) is 1.23. The molecule has 1 atom stereocenters. The van der Waals surface area contributed by atoms with Gasteiger partial charge in [-0.25, -0.2) is 9.18 Å². The number of anilines is 1. The van der Waals surface area contributed by atoms with Gasteiger partial charge in [-0.05, 0) is 19.1 Å². The summed E-state index contributed by atoms with van der Waals surface area (Å²) in [4.78, 5) is 11.3. The van der Waals surface area contributed by atoms with Crippen molar-refractivity contribution in [2.24, 2.45) is 0 Å². The Hall–Kier alpha value is -1.33. The number of benzene rings is 1. The number of para-hydroxylation sites is 1. The number of carbonyl (C=O) groups is 1. The molecule has 0 aliphatic carbocycles. The molecule has 0 bridgehead atoms. The van der Waals surface area contributed by atoms with Gasteiger partial charge in [-0.1, -0.05) is 17.7 Å². The van der Waals surface area contributed by atoms with Gasteiger partial charge in [-0.15, -0.1) is 0 Å². The largest absolute Gasteiger partial charge is 0.392 e. The predicted molar refractivity (Wildman–Crippen MR) is 60.1 cm³/mol. The molecule has 88 valence electrons. The van der Waals surface area contributed by atoms with Crippen molar-refractivity contribution in [2.45, 2.75) is 13.0 Å². The molecular weight excluding hydrogens is 235 g/mol. The van der Waals surface area contributed by atoms with Crippen molar-refractivity contribution < 1.29 is 14.3 Å². The summed E-state index contributed by atoms with van der Waals surface area (Å²) in [6.45, 7) is 1.61. The third-order valence-electron chi connectivity index (χ3n) is 1.76. The number of rotatable bonds is 3. The van der Waals surface area contributed by atoms with Gasteiger partial charge in [0.05, 0.1) is 16.8 Å². The molecule has 1 unspecified atom stereocenters. The minimum atomic E-state index is -0.665. The first-order valence-electron chi connectivity index (χ1n) is 4.67. The molecular formula is C10H12ClFN2O2. The van der Waals surface area contributed by atoms with Crippen LogP contribution in [-0.4, -0.2) is 23.8 Å². The Morgan fingerprint density at radius 2 is 2.31 bits per heavy atom. The fraction of sp³-hybridized carbons (Fsp3) is 0.300. The third kappa shape index (κ3) is 3.67. The van der Waals surface area contributed by atoms with Crippen LogP contribution >= 0.6 is 11.6 Å². The Morgan fingerprint density at radius 3 is 2.88 bits per heavy atom. The van der Waals surface area contributed by atoms with E-state index in [1.807, 2.05) is 0 Å². The van der Waals surface area contributed by atoms with Gasteiger partial charge in [-0.3, -0.25) is 0 Å². The Bertz CT molecular complexity index is 365. The smallest absolute Gasteiger partial charge is 0.319 e. The van der Waals surface area contributed by atoms with E-state index in [-0.39, 0.29) is 17.3 Å². The maximum atomic E-state index is 13.2. The normalized spacial score (nSPS) is 12.0. The fourth-order valence-electron chi connectivity index (χ4n) is 1.02. The standard InChI is InChI=1S/C10H12ClFN2O2/c1-6(15)5-13-10(16)14-9-7(11)3-2-4-8(9)12/h2-4,6,15H,5H2,1H3,(H2,13,14,16). The molecule has 0 aromatic heterocycles. The Morgan fingerprint density at radius 1 is 1.62 bits per heavy atom. The van der Waals surface area contributed by atoms with Crippen molar-refractivity contribution in [3.05, 3.63) is 29.0 Å². The predicted octanol–water partition coefficient (Wildman–Crippen LogP) is 1.98. The number of aliphatic hydroxyl groups is 1. The second-order valence-electron chi connectivity index (χ2n) is 3.28. The number of urea groups is 1. The van der Waals surface area contributed by atoms with Gasteiger partial charge >= 0.3 is 6.03 Å².